The van der Waals surface area contributed by atoms with Crippen molar-refractivity contribution in [3.63, 3.8) is 0 Å². The highest BCUT2D eigenvalue weighted by molar-refractivity contribution is 5.70. The number of ether oxygens (including phenoxy) is 1. The molecule has 0 atom stereocenters. The molecule has 0 saturated carbocycles. The van der Waals surface area contributed by atoms with Crippen LogP contribution in [-0.4, -0.2) is 21.8 Å². The van der Waals surface area contributed by atoms with Crippen molar-refractivity contribution in [2.24, 2.45) is 0 Å². The minimum absolute atomic E-state index is 0.152. The molecule has 0 unspecified atom stereocenters. The quantitative estimate of drug-likeness (QED) is 0.742. The Bertz CT molecular complexity index is 889. The Labute approximate surface area is 143 Å². The van der Waals surface area contributed by atoms with Gasteiger partial charge in [0.1, 0.15) is 11.6 Å². The van der Waals surface area contributed by atoms with Crippen LogP contribution in [-0.2, 0) is 6.42 Å². The lowest BCUT2D eigenvalue weighted by molar-refractivity contribution is 0.320. The lowest BCUT2D eigenvalue weighted by Crippen LogP contribution is -2.06. The van der Waals surface area contributed by atoms with Crippen LogP contribution in [0.15, 0.2) is 30.5 Å². The summed E-state index contributed by atoms with van der Waals surface area (Å²) in [5.41, 5.74) is 9.63. The van der Waals surface area contributed by atoms with Gasteiger partial charge in [-0.05, 0) is 43.7 Å². The molecule has 3 N–H and O–H groups in total. The third kappa shape index (κ3) is 3.60. The average molecular weight is 344 g/mol. The number of nitrogens with two attached hydrogens (primary N) is 1. The summed E-state index contributed by atoms with van der Waals surface area (Å²) in [5, 5.41) is 7.08. The SMILES string of the molecule is Cc1n[nH]c(C)c1-c1cnc(N)c(OCCc2cc(F)ccc2F)c1. The Hall–Kier alpha value is -2.96. The summed E-state index contributed by atoms with van der Waals surface area (Å²) in [6.45, 7) is 3.96. The van der Waals surface area contributed by atoms with Crippen molar-refractivity contribution in [1.29, 1.82) is 0 Å². The molecule has 25 heavy (non-hydrogen) atoms. The van der Waals surface area contributed by atoms with E-state index in [1.165, 1.54) is 0 Å². The van der Waals surface area contributed by atoms with Crippen LogP contribution in [0.25, 0.3) is 11.1 Å². The highest BCUT2D eigenvalue weighted by Gasteiger charge is 2.13. The molecular formula is C18H18F2N4O. The number of aryl methyl sites for hydroxylation is 2. The van der Waals surface area contributed by atoms with Gasteiger partial charge in [0.05, 0.1) is 12.3 Å². The van der Waals surface area contributed by atoms with Crippen molar-refractivity contribution in [1.82, 2.24) is 15.2 Å². The van der Waals surface area contributed by atoms with E-state index in [1.54, 1.807) is 12.3 Å². The van der Waals surface area contributed by atoms with Crippen LogP contribution in [0.4, 0.5) is 14.6 Å². The molecule has 0 aliphatic heterocycles. The summed E-state index contributed by atoms with van der Waals surface area (Å²) in [4.78, 5) is 4.15. The largest absolute Gasteiger partial charge is 0.489 e. The van der Waals surface area contributed by atoms with Gasteiger partial charge >= 0.3 is 0 Å². The molecule has 3 aromatic rings. The molecule has 0 spiro atoms. The molecule has 3 rings (SSSR count). The first-order chi connectivity index (χ1) is 12.0. The number of aromatic nitrogens is 3. The number of H-pyrrole nitrogens is 1. The van der Waals surface area contributed by atoms with E-state index in [4.69, 9.17) is 10.5 Å². The van der Waals surface area contributed by atoms with E-state index in [0.29, 0.717) is 5.75 Å². The molecule has 0 aliphatic rings. The minimum Gasteiger partial charge on any atom is -0.489 e. The van der Waals surface area contributed by atoms with Gasteiger partial charge in [-0.3, -0.25) is 5.10 Å². The van der Waals surface area contributed by atoms with E-state index in [9.17, 15) is 8.78 Å². The lowest BCUT2D eigenvalue weighted by Gasteiger charge is -2.11. The Balaban J connectivity index is 1.77. The maximum atomic E-state index is 13.6. The number of aromatic amines is 1. The van der Waals surface area contributed by atoms with Gasteiger partial charge in [0, 0.05) is 29.4 Å². The summed E-state index contributed by atoms with van der Waals surface area (Å²) < 4.78 is 32.5. The minimum atomic E-state index is -0.481. The molecule has 0 saturated heterocycles. The van der Waals surface area contributed by atoms with E-state index >= 15 is 0 Å². The van der Waals surface area contributed by atoms with Gasteiger partial charge < -0.3 is 10.5 Å². The Kier molecular flexibility index (Phi) is 4.65. The van der Waals surface area contributed by atoms with Crippen molar-refractivity contribution < 1.29 is 13.5 Å². The van der Waals surface area contributed by atoms with E-state index in [0.717, 1.165) is 40.7 Å². The topological polar surface area (TPSA) is 76.8 Å². The average Bonchev–Trinajstić information content (AvgIpc) is 2.91. The molecule has 0 bridgehead atoms. The Morgan fingerprint density at radius 1 is 1.20 bits per heavy atom. The molecule has 0 aliphatic carbocycles. The van der Waals surface area contributed by atoms with E-state index in [2.05, 4.69) is 15.2 Å². The fourth-order valence-electron chi connectivity index (χ4n) is 2.69. The number of halogens is 2. The molecule has 7 heteroatoms. The normalized spacial score (nSPS) is 10.9. The number of nitrogens with zero attached hydrogens (tertiary/aromatic N) is 2. The fraction of sp³-hybridized carbons (Fsp3) is 0.222. The number of hydrogen-bond donors (Lipinski definition) is 2. The zero-order valence-corrected chi connectivity index (χ0v) is 13.9. The van der Waals surface area contributed by atoms with Crippen LogP contribution < -0.4 is 10.5 Å². The zero-order chi connectivity index (χ0) is 18.0. The molecular weight excluding hydrogens is 326 g/mol. The predicted octanol–water partition coefficient (Wildman–Crippen LogP) is 3.57. The maximum Gasteiger partial charge on any atom is 0.166 e. The third-order valence-electron chi connectivity index (χ3n) is 3.94. The predicted molar refractivity (Wildman–Crippen MR) is 91.3 cm³/mol. The molecule has 0 radical (unpaired) electrons. The summed E-state index contributed by atoms with van der Waals surface area (Å²) in [6.07, 6.45) is 1.87. The summed E-state index contributed by atoms with van der Waals surface area (Å²) in [7, 11) is 0. The van der Waals surface area contributed by atoms with Crippen LogP contribution in [0.3, 0.4) is 0 Å². The number of pyridine rings is 1. The zero-order valence-electron chi connectivity index (χ0n) is 13.9. The summed E-state index contributed by atoms with van der Waals surface area (Å²) in [5.74, 6) is -0.309. The third-order valence-corrected chi connectivity index (χ3v) is 3.94. The summed E-state index contributed by atoms with van der Waals surface area (Å²) >= 11 is 0. The van der Waals surface area contributed by atoms with Gasteiger partial charge in [-0.25, -0.2) is 13.8 Å². The van der Waals surface area contributed by atoms with Crippen LogP contribution in [0, 0.1) is 25.5 Å². The van der Waals surface area contributed by atoms with Gasteiger partial charge in [-0.2, -0.15) is 5.10 Å². The van der Waals surface area contributed by atoms with Gasteiger partial charge in [0.25, 0.3) is 0 Å². The number of anilines is 1. The van der Waals surface area contributed by atoms with Crippen LogP contribution >= 0.6 is 0 Å². The second-order valence-corrected chi connectivity index (χ2v) is 5.75. The van der Waals surface area contributed by atoms with Gasteiger partial charge in [0.2, 0.25) is 0 Å². The molecule has 0 amide bonds. The molecule has 0 fully saturated rings. The smallest absolute Gasteiger partial charge is 0.166 e. The van der Waals surface area contributed by atoms with Crippen LogP contribution in [0.1, 0.15) is 17.0 Å². The lowest BCUT2D eigenvalue weighted by atomic mass is 10.1. The number of benzene rings is 1. The molecule has 5 nitrogen and oxygen atoms in total. The number of nitrogen functional groups attached to an aromatic ring is 1. The molecule has 1 aromatic carbocycles. The standard InChI is InChI=1S/C18H18F2N4O/c1-10-17(11(2)24-23-10)13-8-16(18(21)22-9-13)25-6-5-12-7-14(19)3-4-15(12)20/h3-4,7-9H,5-6H2,1-2H3,(H2,21,22)(H,23,24). The fourth-order valence-corrected chi connectivity index (χ4v) is 2.69. The molecule has 2 heterocycles. The van der Waals surface area contributed by atoms with Crippen molar-refractivity contribution >= 4 is 5.82 Å². The Morgan fingerprint density at radius 3 is 2.72 bits per heavy atom. The van der Waals surface area contributed by atoms with E-state index in [1.807, 2.05) is 13.8 Å². The first-order valence-electron chi connectivity index (χ1n) is 7.80. The van der Waals surface area contributed by atoms with Crippen LogP contribution in [0.2, 0.25) is 0 Å². The second kappa shape index (κ2) is 6.88. The number of rotatable bonds is 5. The van der Waals surface area contributed by atoms with Crippen molar-refractivity contribution in [2.75, 3.05) is 12.3 Å². The second-order valence-electron chi connectivity index (χ2n) is 5.75. The molecule has 2 aromatic heterocycles. The highest BCUT2D eigenvalue weighted by atomic mass is 19.1. The molecule has 130 valence electrons. The van der Waals surface area contributed by atoms with Crippen molar-refractivity contribution in [3.8, 4) is 16.9 Å². The van der Waals surface area contributed by atoms with Crippen molar-refractivity contribution in [2.45, 2.75) is 20.3 Å². The van der Waals surface area contributed by atoms with Gasteiger partial charge in [0.15, 0.2) is 11.6 Å². The van der Waals surface area contributed by atoms with Crippen molar-refractivity contribution in [3.05, 3.63) is 59.0 Å². The van der Waals surface area contributed by atoms with Gasteiger partial charge in [-0.15, -0.1) is 0 Å². The maximum absolute atomic E-state index is 13.6. The van der Waals surface area contributed by atoms with Crippen LogP contribution in [0.5, 0.6) is 5.75 Å². The first-order valence-corrected chi connectivity index (χ1v) is 7.80. The van der Waals surface area contributed by atoms with Gasteiger partial charge in [-0.1, -0.05) is 0 Å². The highest BCUT2D eigenvalue weighted by Crippen LogP contribution is 2.30. The summed E-state index contributed by atoms with van der Waals surface area (Å²) in [6, 6.07) is 5.12. The first kappa shape index (κ1) is 16.9. The van der Waals surface area contributed by atoms with E-state index in [-0.39, 0.29) is 24.4 Å². The van der Waals surface area contributed by atoms with E-state index < -0.39 is 11.6 Å². The number of hydrogen-bond acceptors (Lipinski definition) is 4. The monoisotopic (exact) mass is 344 g/mol. The number of nitrogens with one attached hydrogen (secondary N) is 1. The Morgan fingerprint density at radius 2 is 2.00 bits per heavy atom.